The average Bonchev–Trinajstić information content (AvgIpc) is 2.75. The van der Waals surface area contributed by atoms with E-state index in [1.54, 1.807) is 25.3 Å². The molecule has 0 aliphatic heterocycles. The summed E-state index contributed by atoms with van der Waals surface area (Å²) >= 11 is 12.0. The molecule has 0 aromatic heterocycles. The van der Waals surface area contributed by atoms with E-state index >= 15 is 0 Å². The SMILES string of the molecule is CC(C)C[C@@H](NC(=O)[C@@H](C)Oc1ccc(Cl)cc1Cl)C(=O)N/N=C\c1ccc(N(C)C)cc1. The van der Waals surface area contributed by atoms with Crippen molar-refractivity contribution in [3.63, 3.8) is 0 Å². The molecule has 2 amide bonds. The third-order valence-corrected chi connectivity index (χ3v) is 5.24. The molecule has 178 valence electrons. The lowest BCUT2D eigenvalue weighted by Crippen LogP contribution is -2.49. The second-order valence-electron chi connectivity index (χ2n) is 8.25. The van der Waals surface area contributed by atoms with Gasteiger partial charge in [0.2, 0.25) is 0 Å². The Hall–Kier alpha value is -2.77. The quantitative estimate of drug-likeness (QED) is 0.377. The minimum atomic E-state index is -0.871. The smallest absolute Gasteiger partial charge is 0.262 e. The second kappa shape index (κ2) is 12.5. The summed E-state index contributed by atoms with van der Waals surface area (Å²) in [6, 6.07) is 11.7. The van der Waals surface area contributed by atoms with Gasteiger partial charge in [-0.2, -0.15) is 5.10 Å². The average molecular weight is 493 g/mol. The third kappa shape index (κ3) is 8.59. The lowest BCUT2D eigenvalue weighted by atomic mass is 10.0. The number of carbonyl (C=O) groups is 2. The molecule has 0 bridgehead atoms. The van der Waals surface area contributed by atoms with Gasteiger partial charge in [0.1, 0.15) is 11.8 Å². The number of nitrogens with zero attached hydrogens (tertiary/aromatic N) is 2. The fraction of sp³-hybridized carbons (Fsp3) is 0.375. The molecule has 0 heterocycles. The Morgan fingerprint density at radius 2 is 1.73 bits per heavy atom. The molecule has 2 aromatic carbocycles. The predicted molar refractivity (Wildman–Crippen MR) is 134 cm³/mol. The van der Waals surface area contributed by atoms with Gasteiger partial charge in [0, 0.05) is 24.8 Å². The van der Waals surface area contributed by atoms with Gasteiger partial charge in [0.05, 0.1) is 11.2 Å². The van der Waals surface area contributed by atoms with Gasteiger partial charge in [-0.15, -0.1) is 0 Å². The van der Waals surface area contributed by atoms with E-state index in [0.717, 1.165) is 11.3 Å². The maximum absolute atomic E-state index is 12.7. The lowest BCUT2D eigenvalue weighted by molar-refractivity contribution is -0.132. The molecule has 2 aromatic rings. The zero-order valence-electron chi connectivity index (χ0n) is 19.4. The van der Waals surface area contributed by atoms with E-state index in [-0.39, 0.29) is 5.92 Å². The van der Waals surface area contributed by atoms with Crippen molar-refractivity contribution in [2.24, 2.45) is 11.0 Å². The fourth-order valence-electron chi connectivity index (χ4n) is 2.91. The van der Waals surface area contributed by atoms with E-state index in [0.29, 0.717) is 22.2 Å². The van der Waals surface area contributed by atoms with Crippen LogP contribution in [-0.4, -0.2) is 44.3 Å². The monoisotopic (exact) mass is 492 g/mol. The maximum atomic E-state index is 12.7. The van der Waals surface area contributed by atoms with Gasteiger partial charge in [-0.05, 0) is 55.2 Å². The molecule has 0 aliphatic carbocycles. The number of benzene rings is 2. The van der Waals surface area contributed by atoms with Crippen LogP contribution in [0, 0.1) is 5.92 Å². The van der Waals surface area contributed by atoms with Crippen LogP contribution in [-0.2, 0) is 9.59 Å². The van der Waals surface area contributed by atoms with Crippen LogP contribution in [0.1, 0.15) is 32.8 Å². The molecule has 0 spiro atoms. The molecule has 0 aliphatic rings. The maximum Gasteiger partial charge on any atom is 0.262 e. The molecule has 33 heavy (non-hydrogen) atoms. The number of carbonyl (C=O) groups excluding carboxylic acids is 2. The minimum absolute atomic E-state index is 0.172. The highest BCUT2D eigenvalue weighted by molar-refractivity contribution is 6.35. The zero-order chi connectivity index (χ0) is 24.5. The van der Waals surface area contributed by atoms with E-state index < -0.39 is 24.0 Å². The highest BCUT2D eigenvalue weighted by Gasteiger charge is 2.25. The zero-order valence-corrected chi connectivity index (χ0v) is 20.9. The van der Waals surface area contributed by atoms with Gasteiger partial charge >= 0.3 is 0 Å². The van der Waals surface area contributed by atoms with Gasteiger partial charge in [-0.25, -0.2) is 5.43 Å². The van der Waals surface area contributed by atoms with E-state index in [1.807, 2.05) is 57.1 Å². The summed E-state index contributed by atoms with van der Waals surface area (Å²) in [6.45, 7) is 5.52. The van der Waals surface area contributed by atoms with E-state index in [1.165, 1.54) is 6.07 Å². The van der Waals surface area contributed by atoms with Crippen LogP contribution in [0.2, 0.25) is 10.0 Å². The van der Waals surface area contributed by atoms with Gasteiger partial charge in [-0.1, -0.05) is 49.2 Å². The van der Waals surface area contributed by atoms with Crippen molar-refractivity contribution in [1.29, 1.82) is 0 Å². The van der Waals surface area contributed by atoms with Crippen molar-refractivity contribution in [2.45, 2.75) is 39.3 Å². The number of hydrogen-bond acceptors (Lipinski definition) is 5. The Kier molecular flexibility index (Phi) is 10.0. The fourth-order valence-corrected chi connectivity index (χ4v) is 3.37. The predicted octanol–water partition coefficient (Wildman–Crippen LogP) is 4.51. The van der Waals surface area contributed by atoms with E-state index in [4.69, 9.17) is 27.9 Å². The first-order chi connectivity index (χ1) is 15.6. The van der Waals surface area contributed by atoms with Gasteiger partial charge in [0.25, 0.3) is 11.8 Å². The van der Waals surface area contributed by atoms with Crippen molar-refractivity contribution in [1.82, 2.24) is 10.7 Å². The van der Waals surface area contributed by atoms with Crippen LogP contribution in [0.15, 0.2) is 47.6 Å². The Bertz CT molecular complexity index is 978. The molecule has 2 rings (SSSR count). The van der Waals surface area contributed by atoms with Crippen LogP contribution in [0.3, 0.4) is 0 Å². The first kappa shape index (κ1) is 26.5. The summed E-state index contributed by atoms with van der Waals surface area (Å²) < 4.78 is 5.65. The molecular weight excluding hydrogens is 463 g/mol. The molecule has 0 unspecified atom stereocenters. The minimum Gasteiger partial charge on any atom is -0.479 e. The largest absolute Gasteiger partial charge is 0.479 e. The number of nitrogens with one attached hydrogen (secondary N) is 2. The highest BCUT2D eigenvalue weighted by Crippen LogP contribution is 2.28. The summed E-state index contributed by atoms with van der Waals surface area (Å²) in [5.41, 5.74) is 4.41. The van der Waals surface area contributed by atoms with Crippen LogP contribution in [0.25, 0.3) is 0 Å². The third-order valence-electron chi connectivity index (χ3n) is 4.70. The van der Waals surface area contributed by atoms with Gasteiger partial charge in [-0.3, -0.25) is 9.59 Å². The van der Waals surface area contributed by atoms with Crippen LogP contribution >= 0.6 is 23.2 Å². The number of hydrogen-bond donors (Lipinski definition) is 2. The number of hydrazone groups is 1. The standard InChI is InChI=1S/C24H30Cl2N4O3/c1-15(2)12-21(24(32)29-27-14-17-6-9-19(10-7-17)30(4)5)28-23(31)16(3)33-22-11-8-18(25)13-20(22)26/h6-11,13-16,21H,12H2,1-5H3,(H,28,31)(H,29,32)/b27-14-/t16-,21-/m1/s1. The first-order valence-corrected chi connectivity index (χ1v) is 11.3. The highest BCUT2D eigenvalue weighted by atomic mass is 35.5. The molecule has 2 atom stereocenters. The Balaban J connectivity index is 1.98. The number of amides is 2. The van der Waals surface area contributed by atoms with Crippen molar-refractivity contribution in [3.8, 4) is 5.75 Å². The Labute approximate surface area is 205 Å². The number of anilines is 1. The topological polar surface area (TPSA) is 83.0 Å². The van der Waals surface area contributed by atoms with E-state index in [2.05, 4.69) is 15.8 Å². The van der Waals surface area contributed by atoms with Gasteiger partial charge < -0.3 is 15.0 Å². The number of ether oxygens (including phenoxy) is 1. The lowest BCUT2D eigenvalue weighted by Gasteiger charge is -2.22. The molecule has 9 heteroatoms. The summed E-state index contributed by atoms with van der Waals surface area (Å²) in [5, 5.41) is 7.54. The second-order valence-corrected chi connectivity index (χ2v) is 9.09. The van der Waals surface area contributed by atoms with Crippen molar-refractivity contribution in [2.75, 3.05) is 19.0 Å². The van der Waals surface area contributed by atoms with Crippen molar-refractivity contribution in [3.05, 3.63) is 58.1 Å². The molecule has 0 saturated carbocycles. The van der Waals surface area contributed by atoms with Crippen LogP contribution in [0.4, 0.5) is 5.69 Å². The first-order valence-electron chi connectivity index (χ1n) is 10.6. The van der Waals surface area contributed by atoms with Gasteiger partial charge in [0.15, 0.2) is 6.10 Å². The van der Waals surface area contributed by atoms with E-state index in [9.17, 15) is 9.59 Å². The summed E-state index contributed by atoms with van der Waals surface area (Å²) in [4.78, 5) is 27.4. The number of rotatable bonds is 10. The molecule has 0 saturated heterocycles. The molecule has 0 fully saturated rings. The van der Waals surface area contributed by atoms with Crippen LogP contribution < -0.4 is 20.4 Å². The molecule has 2 N–H and O–H groups in total. The Morgan fingerprint density at radius 3 is 2.30 bits per heavy atom. The van der Waals surface area contributed by atoms with Crippen LogP contribution in [0.5, 0.6) is 5.75 Å². The van der Waals surface area contributed by atoms with Crippen molar-refractivity contribution < 1.29 is 14.3 Å². The summed E-state index contributed by atoms with van der Waals surface area (Å²) in [7, 11) is 3.92. The van der Waals surface area contributed by atoms with Crippen molar-refractivity contribution >= 4 is 46.9 Å². The molecule has 7 nitrogen and oxygen atoms in total. The molecular formula is C24H30Cl2N4O3. The summed E-state index contributed by atoms with van der Waals surface area (Å²) in [6.07, 6.45) is 1.13. The summed E-state index contributed by atoms with van der Waals surface area (Å²) in [5.74, 6) is -0.344. The Morgan fingerprint density at radius 1 is 1.06 bits per heavy atom. The normalized spacial score (nSPS) is 13.0. The number of halogens is 2. The molecule has 0 radical (unpaired) electrons.